The molecule has 16 heavy (non-hydrogen) atoms. The molecule has 0 unspecified atom stereocenters. The molecular weight excluding hydrogens is 272 g/mol. The van der Waals surface area contributed by atoms with Crippen molar-refractivity contribution in [3.63, 3.8) is 0 Å². The number of benzene rings is 1. The summed E-state index contributed by atoms with van der Waals surface area (Å²) in [5.74, 6) is 0.182. The van der Waals surface area contributed by atoms with Crippen LogP contribution in [0.4, 0.5) is 0 Å². The Bertz CT molecular complexity index is 352. The van der Waals surface area contributed by atoms with E-state index >= 15 is 0 Å². The lowest BCUT2D eigenvalue weighted by molar-refractivity contribution is -0.136. The van der Waals surface area contributed by atoms with Crippen molar-refractivity contribution >= 4 is 21.9 Å². The van der Waals surface area contributed by atoms with Gasteiger partial charge in [-0.25, -0.2) is 0 Å². The van der Waals surface area contributed by atoms with Gasteiger partial charge in [0.2, 0.25) is 0 Å². The minimum Gasteiger partial charge on any atom is -0.426 e. The zero-order chi connectivity index (χ0) is 12.2. The molecule has 1 rings (SSSR count). The van der Waals surface area contributed by atoms with Crippen molar-refractivity contribution in [1.82, 2.24) is 0 Å². The molecule has 0 amide bonds. The molecule has 0 spiro atoms. The van der Waals surface area contributed by atoms with Crippen LogP contribution in [0.1, 0.15) is 19.4 Å². The summed E-state index contributed by atoms with van der Waals surface area (Å²) in [5, 5.41) is 8.75. The number of rotatable bonds is 4. The van der Waals surface area contributed by atoms with Crippen molar-refractivity contribution in [3.8, 4) is 5.75 Å². The molecule has 4 heteroatoms. The molecule has 0 fully saturated rings. The maximum Gasteiger partial charge on any atom is 0.327 e. The fourth-order valence-corrected chi connectivity index (χ4v) is 1.16. The molecule has 0 bridgehead atoms. The highest BCUT2D eigenvalue weighted by molar-refractivity contribution is 9.10. The van der Waals surface area contributed by atoms with E-state index in [1.165, 1.54) is 0 Å². The van der Waals surface area contributed by atoms with Crippen molar-refractivity contribution in [1.29, 1.82) is 0 Å². The number of halogens is 1. The van der Waals surface area contributed by atoms with Gasteiger partial charge in [-0.2, -0.15) is 0 Å². The minimum absolute atomic E-state index is 0.119. The number of hydrogen-bond donors (Lipinski definition) is 1. The SMILES string of the molecule is CC(C)(Br)C(=O)Oc1ccc(CCO)cc1. The van der Waals surface area contributed by atoms with Crippen LogP contribution < -0.4 is 4.74 Å². The zero-order valence-corrected chi connectivity index (χ0v) is 11.0. The predicted molar refractivity (Wildman–Crippen MR) is 65.9 cm³/mol. The Labute approximate surface area is 104 Å². The number of alkyl halides is 1. The number of carbonyl (C=O) groups excluding carboxylic acids is 1. The molecule has 1 aromatic carbocycles. The second kappa shape index (κ2) is 5.46. The van der Waals surface area contributed by atoms with Crippen LogP contribution in [-0.2, 0) is 11.2 Å². The van der Waals surface area contributed by atoms with E-state index in [-0.39, 0.29) is 12.6 Å². The van der Waals surface area contributed by atoms with Gasteiger partial charge in [-0.15, -0.1) is 0 Å². The van der Waals surface area contributed by atoms with Crippen LogP contribution in [0.5, 0.6) is 5.75 Å². The van der Waals surface area contributed by atoms with Crippen molar-refractivity contribution in [2.75, 3.05) is 6.61 Å². The molecule has 0 radical (unpaired) electrons. The van der Waals surface area contributed by atoms with E-state index in [2.05, 4.69) is 15.9 Å². The molecule has 0 heterocycles. The Balaban J connectivity index is 2.65. The van der Waals surface area contributed by atoms with Gasteiger partial charge in [-0.1, -0.05) is 28.1 Å². The molecule has 88 valence electrons. The first-order chi connectivity index (χ1) is 7.43. The van der Waals surface area contributed by atoms with Crippen molar-refractivity contribution < 1.29 is 14.6 Å². The van der Waals surface area contributed by atoms with Crippen molar-refractivity contribution in [2.24, 2.45) is 0 Å². The Morgan fingerprint density at radius 1 is 1.38 bits per heavy atom. The average Bonchev–Trinajstić information content (AvgIpc) is 2.20. The molecule has 0 aromatic heterocycles. The van der Waals surface area contributed by atoms with Crippen LogP contribution in [0.25, 0.3) is 0 Å². The number of ether oxygens (including phenoxy) is 1. The standard InChI is InChI=1S/C12H15BrO3/c1-12(2,13)11(15)16-10-5-3-9(4-6-10)7-8-14/h3-6,14H,7-8H2,1-2H3. The maximum absolute atomic E-state index is 11.5. The van der Waals surface area contributed by atoms with Gasteiger partial charge in [0.15, 0.2) is 0 Å². The summed E-state index contributed by atoms with van der Waals surface area (Å²) in [6.07, 6.45) is 0.609. The lowest BCUT2D eigenvalue weighted by Crippen LogP contribution is -2.29. The highest BCUT2D eigenvalue weighted by Crippen LogP contribution is 2.20. The quantitative estimate of drug-likeness (QED) is 0.525. The molecule has 0 aliphatic rings. The van der Waals surface area contributed by atoms with Crippen LogP contribution in [0.3, 0.4) is 0 Å². The van der Waals surface area contributed by atoms with Crippen LogP contribution in [0, 0.1) is 0 Å². The summed E-state index contributed by atoms with van der Waals surface area (Å²) in [6, 6.07) is 7.11. The number of hydrogen-bond acceptors (Lipinski definition) is 3. The van der Waals surface area contributed by atoms with Crippen molar-refractivity contribution in [2.45, 2.75) is 24.6 Å². The lowest BCUT2D eigenvalue weighted by atomic mass is 10.1. The van der Waals surface area contributed by atoms with Crippen LogP contribution >= 0.6 is 15.9 Å². The predicted octanol–water partition coefficient (Wildman–Crippen LogP) is 2.30. The van der Waals surface area contributed by atoms with E-state index in [4.69, 9.17) is 9.84 Å². The molecule has 0 aliphatic heterocycles. The van der Waals surface area contributed by atoms with Gasteiger partial charge >= 0.3 is 5.97 Å². The molecular formula is C12H15BrO3. The van der Waals surface area contributed by atoms with Crippen LogP contribution in [0.2, 0.25) is 0 Å². The van der Waals surface area contributed by atoms with Gasteiger partial charge in [-0.3, -0.25) is 4.79 Å². The smallest absolute Gasteiger partial charge is 0.327 e. The van der Waals surface area contributed by atoms with E-state index in [1.54, 1.807) is 26.0 Å². The molecule has 0 aliphatic carbocycles. The minimum atomic E-state index is -0.684. The van der Waals surface area contributed by atoms with Gasteiger partial charge in [0.25, 0.3) is 0 Å². The van der Waals surface area contributed by atoms with Gasteiger partial charge in [0.05, 0.1) is 0 Å². The summed E-state index contributed by atoms with van der Waals surface area (Å²) in [6.45, 7) is 3.58. The third-order valence-corrected chi connectivity index (χ3v) is 2.34. The average molecular weight is 287 g/mol. The topological polar surface area (TPSA) is 46.5 Å². The monoisotopic (exact) mass is 286 g/mol. The molecule has 1 aromatic rings. The molecule has 3 nitrogen and oxygen atoms in total. The number of carbonyl (C=O) groups is 1. The second-order valence-corrected chi connectivity index (χ2v) is 5.96. The van der Waals surface area contributed by atoms with Gasteiger partial charge in [0, 0.05) is 6.61 Å². The summed E-state index contributed by atoms with van der Waals surface area (Å²) < 4.78 is 4.48. The lowest BCUT2D eigenvalue weighted by Gasteiger charge is -2.14. The highest BCUT2D eigenvalue weighted by atomic mass is 79.9. The van der Waals surface area contributed by atoms with Gasteiger partial charge in [-0.05, 0) is 38.0 Å². The summed E-state index contributed by atoms with van der Waals surface area (Å²) in [7, 11) is 0. The Hall–Kier alpha value is -0.870. The normalized spacial score (nSPS) is 11.2. The molecule has 0 atom stereocenters. The Morgan fingerprint density at radius 3 is 2.38 bits per heavy atom. The number of esters is 1. The van der Waals surface area contributed by atoms with Gasteiger partial charge < -0.3 is 9.84 Å². The fraction of sp³-hybridized carbons (Fsp3) is 0.417. The summed E-state index contributed by atoms with van der Waals surface area (Å²) in [4.78, 5) is 11.5. The molecule has 0 saturated heterocycles. The van der Waals surface area contributed by atoms with E-state index in [9.17, 15) is 4.79 Å². The largest absolute Gasteiger partial charge is 0.426 e. The van der Waals surface area contributed by atoms with Crippen LogP contribution in [-0.4, -0.2) is 22.0 Å². The first-order valence-corrected chi connectivity index (χ1v) is 5.84. The third-order valence-electron chi connectivity index (χ3n) is 2.02. The summed E-state index contributed by atoms with van der Waals surface area (Å²) in [5.41, 5.74) is 1.01. The number of aliphatic hydroxyl groups is 1. The highest BCUT2D eigenvalue weighted by Gasteiger charge is 2.25. The first kappa shape index (κ1) is 13.2. The van der Waals surface area contributed by atoms with Gasteiger partial charge in [0.1, 0.15) is 10.1 Å². The van der Waals surface area contributed by atoms with Crippen molar-refractivity contribution in [3.05, 3.63) is 29.8 Å². The number of aliphatic hydroxyl groups excluding tert-OH is 1. The van der Waals surface area contributed by atoms with E-state index in [0.29, 0.717) is 12.2 Å². The zero-order valence-electron chi connectivity index (χ0n) is 9.37. The maximum atomic E-state index is 11.5. The van der Waals surface area contributed by atoms with E-state index < -0.39 is 4.32 Å². The third kappa shape index (κ3) is 3.94. The van der Waals surface area contributed by atoms with E-state index in [1.807, 2.05) is 12.1 Å². The molecule has 0 saturated carbocycles. The Morgan fingerprint density at radius 2 is 1.94 bits per heavy atom. The second-order valence-electron chi connectivity index (χ2n) is 3.98. The summed E-state index contributed by atoms with van der Waals surface area (Å²) >= 11 is 3.23. The van der Waals surface area contributed by atoms with E-state index in [0.717, 1.165) is 5.56 Å². The Kier molecular flexibility index (Phi) is 4.50. The fourth-order valence-electron chi connectivity index (χ4n) is 1.08. The molecule has 1 N–H and O–H groups in total. The first-order valence-electron chi connectivity index (χ1n) is 5.04. The van der Waals surface area contributed by atoms with Crippen LogP contribution in [0.15, 0.2) is 24.3 Å².